The van der Waals surface area contributed by atoms with Gasteiger partial charge in [-0.3, -0.25) is 9.48 Å². The van der Waals surface area contributed by atoms with E-state index in [-0.39, 0.29) is 12.0 Å². The third-order valence-electron chi connectivity index (χ3n) is 4.23. The van der Waals surface area contributed by atoms with Crippen molar-refractivity contribution >= 4 is 5.91 Å². The van der Waals surface area contributed by atoms with Gasteiger partial charge < -0.3 is 9.64 Å². The molecule has 0 spiro atoms. The molecule has 1 atom stereocenters. The normalized spacial score (nSPS) is 18.0. The van der Waals surface area contributed by atoms with E-state index in [4.69, 9.17) is 4.74 Å². The first-order valence-electron chi connectivity index (χ1n) is 7.78. The van der Waals surface area contributed by atoms with Gasteiger partial charge in [0, 0.05) is 31.5 Å². The van der Waals surface area contributed by atoms with Crippen molar-refractivity contribution in [3.05, 3.63) is 35.5 Å². The summed E-state index contributed by atoms with van der Waals surface area (Å²) in [7, 11) is 1.86. The van der Waals surface area contributed by atoms with E-state index in [2.05, 4.69) is 15.1 Å². The van der Waals surface area contributed by atoms with Crippen LogP contribution in [0.2, 0.25) is 0 Å². The number of hydrogen-bond acceptors (Lipinski definition) is 5. The van der Waals surface area contributed by atoms with Crippen LogP contribution in [0.3, 0.4) is 0 Å². The number of hydrogen-bond donors (Lipinski definition) is 0. The van der Waals surface area contributed by atoms with E-state index >= 15 is 0 Å². The Hall–Kier alpha value is -2.44. The summed E-state index contributed by atoms with van der Waals surface area (Å²) >= 11 is 0. The maximum Gasteiger partial charge on any atom is 0.257 e. The number of aryl methyl sites for hydroxylation is 2. The van der Waals surface area contributed by atoms with Crippen molar-refractivity contribution in [2.45, 2.75) is 32.8 Å². The van der Waals surface area contributed by atoms with E-state index < -0.39 is 0 Å². The molecule has 0 aliphatic carbocycles. The van der Waals surface area contributed by atoms with Crippen LogP contribution in [-0.2, 0) is 7.05 Å². The zero-order chi connectivity index (χ0) is 16.4. The first-order chi connectivity index (χ1) is 11.1. The Morgan fingerprint density at radius 2 is 2.22 bits per heavy atom. The smallest absolute Gasteiger partial charge is 0.257 e. The summed E-state index contributed by atoms with van der Waals surface area (Å²) in [5.74, 6) is 0.581. The molecule has 0 N–H and O–H groups in total. The van der Waals surface area contributed by atoms with Crippen LogP contribution in [0.4, 0.5) is 0 Å². The van der Waals surface area contributed by atoms with Crippen LogP contribution in [-0.4, -0.2) is 49.7 Å². The third kappa shape index (κ3) is 3.18. The van der Waals surface area contributed by atoms with Gasteiger partial charge in [0.25, 0.3) is 5.91 Å². The molecule has 1 fully saturated rings. The fourth-order valence-corrected chi connectivity index (χ4v) is 2.98. The van der Waals surface area contributed by atoms with E-state index in [0.717, 1.165) is 30.8 Å². The van der Waals surface area contributed by atoms with Gasteiger partial charge in [-0.25, -0.2) is 9.97 Å². The van der Waals surface area contributed by atoms with Crippen molar-refractivity contribution < 1.29 is 9.53 Å². The lowest BCUT2D eigenvalue weighted by molar-refractivity contribution is 0.0526. The number of carbonyl (C=O) groups excluding carboxylic acids is 1. The minimum Gasteiger partial charge on any atom is -0.472 e. The maximum atomic E-state index is 12.8. The zero-order valence-electron chi connectivity index (χ0n) is 13.7. The number of carbonyl (C=O) groups is 1. The van der Waals surface area contributed by atoms with E-state index in [1.54, 1.807) is 16.9 Å². The van der Waals surface area contributed by atoms with E-state index in [1.807, 2.05) is 25.8 Å². The fraction of sp³-hybridized carbons (Fsp3) is 0.500. The predicted octanol–water partition coefficient (Wildman–Crippen LogP) is 1.51. The van der Waals surface area contributed by atoms with Crippen molar-refractivity contribution in [1.82, 2.24) is 24.6 Å². The Morgan fingerprint density at radius 1 is 1.39 bits per heavy atom. The molecule has 0 bridgehead atoms. The molecule has 7 nitrogen and oxygen atoms in total. The van der Waals surface area contributed by atoms with Gasteiger partial charge in [0.15, 0.2) is 0 Å². The van der Waals surface area contributed by atoms with Crippen LogP contribution >= 0.6 is 0 Å². The van der Waals surface area contributed by atoms with Crippen LogP contribution in [0.5, 0.6) is 5.88 Å². The van der Waals surface area contributed by atoms with Crippen LogP contribution in [0, 0.1) is 13.8 Å². The van der Waals surface area contributed by atoms with Gasteiger partial charge in [0.2, 0.25) is 5.88 Å². The first-order valence-corrected chi connectivity index (χ1v) is 7.78. The van der Waals surface area contributed by atoms with Gasteiger partial charge in [-0.05, 0) is 26.7 Å². The van der Waals surface area contributed by atoms with Gasteiger partial charge in [-0.15, -0.1) is 0 Å². The minimum absolute atomic E-state index is 0.0316. The van der Waals surface area contributed by atoms with Crippen LogP contribution < -0.4 is 4.74 Å². The number of likely N-dealkylation sites (tertiary alicyclic amines) is 1. The highest BCUT2D eigenvalue weighted by Gasteiger charge is 2.29. The van der Waals surface area contributed by atoms with Gasteiger partial charge in [0.1, 0.15) is 12.4 Å². The van der Waals surface area contributed by atoms with Crippen molar-refractivity contribution in [3.63, 3.8) is 0 Å². The van der Waals surface area contributed by atoms with Gasteiger partial charge >= 0.3 is 0 Å². The van der Waals surface area contributed by atoms with Crippen LogP contribution in [0.25, 0.3) is 0 Å². The monoisotopic (exact) mass is 315 g/mol. The lowest BCUT2D eigenvalue weighted by Crippen LogP contribution is -2.44. The van der Waals surface area contributed by atoms with Gasteiger partial charge in [0.05, 0.1) is 17.8 Å². The summed E-state index contributed by atoms with van der Waals surface area (Å²) in [6, 6.07) is 1.73. The molecular formula is C16H21N5O2. The summed E-state index contributed by atoms with van der Waals surface area (Å²) in [5, 5.41) is 4.33. The highest BCUT2D eigenvalue weighted by molar-refractivity contribution is 5.96. The van der Waals surface area contributed by atoms with Crippen molar-refractivity contribution in [2.75, 3.05) is 13.1 Å². The third-order valence-corrected chi connectivity index (χ3v) is 4.23. The zero-order valence-corrected chi connectivity index (χ0v) is 13.7. The van der Waals surface area contributed by atoms with Crippen LogP contribution in [0.1, 0.15) is 34.6 Å². The Morgan fingerprint density at radius 3 is 2.87 bits per heavy atom. The topological polar surface area (TPSA) is 73.1 Å². The molecule has 23 heavy (non-hydrogen) atoms. The molecule has 2 aromatic heterocycles. The molecule has 7 heteroatoms. The summed E-state index contributed by atoms with van der Waals surface area (Å²) in [6.07, 6.45) is 4.90. The lowest BCUT2D eigenvalue weighted by Gasteiger charge is -2.32. The summed E-state index contributed by atoms with van der Waals surface area (Å²) in [6.45, 7) is 5.11. The van der Waals surface area contributed by atoms with Crippen molar-refractivity contribution in [3.8, 4) is 5.88 Å². The summed E-state index contributed by atoms with van der Waals surface area (Å²) in [5.41, 5.74) is 2.37. The van der Waals surface area contributed by atoms with E-state index in [0.29, 0.717) is 18.0 Å². The lowest BCUT2D eigenvalue weighted by atomic mass is 10.1. The Labute approximate surface area is 135 Å². The highest BCUT2D eigenvalue weighted by Crippen LogP contribution is 2.20. The molecule has 3 heterocycles. The molecule has 2 aromatic rings. The predicted molar refractivity (Wildman–Crippen MR) is 84.3 cm³/mol. The molecule has 1 amide bonds. The number of aromatic nitrogens is 4. The quantitative estimate of drug-likeness (QED) is 0.858. The Balaban J connectivity index is 1.72. The van der Waals surface area contributed by atoms with Crippen molar-refractivity contribution in [1.29, 1.82) is 0 Å². The maximum absolute atomic E-state index is 12.8. The highest BCUT2D eigenvalue weighted by atomic mass is 16.5. The standard InChI is InChI=1S/C16H21N5O2/c1-11-15(12(2)20(3)19-11)16(22)21-8-4-5-13(9-21)23-14-6-7-17-10-18-14/h6-7,10,13H,4-5,8-9H2,1-3H3. The fourth-order valence-electron chi connectivity index (χ4n) is 2.98. The largest absolute Gasteiger partial charge is 0.472 e. The molecule has 122 valence electrons. The average Bonchev–Trinajstić information content (AvgIpc) is 2.80. The summed E-state index contributed by atoms with van der Waals surface area (Å²) in [4.78, 5) is 22.7. The number of amides is 1. The van der Waals surface area contributed by atoms with Gasteiger partial charge in [-0.2, -0.15) is 5.10 Å². The molecule has 0 radical (unpaired) electrons. The molecule has 0 aromatic carbocycles. The molecule has 1 saturated heterocycles. The molecule has 3 rings (SSSR count). The number of nitrogens with zero attached hydrogens (tertiary/aromatic N) is 5. The number of rotatable bonds is 3. The number of piperidine rings is 1. The summed E-state index contributed by atoms with van der Waals surface area (Å²) < 4.78 is 7.62. The molecule has 0 saturated carbocycles. The van der Waals surface area contributed by atoms with E-state index in [1.165, 1.54) is 6.33 Å². The second kappa shape index (κ2) is 6.36. The SMILES string of the molecule is Cc1nn(C)c(C)c1C(=O)N1CCCC(Oc2ccncn2)C1. The second-order valence-corrected chi connectivity index (χ2v) is 5.85. The molecule has 1 aliphatic heterocycles. The minimum atomic E-state index is -0.0418. The van der Waals surface area contributed by atoms with Crippen LogP contribution in [0.15, 0.2) is 18.6 Å². The Bertz CT molecular complexity index is 698. The molecule has 1 aliphatic rings. The second-order valence-electron chi connectivity index (χ2n) is 5.85. The van der Waals surface area contributed by atoms with E-state index in [9.17, 15) is 4.79 Å². The Kier molecular flexibility index (Phi) is 4.27. The number of ether oxygens (including phenoxy) is 1. The molecule has 1 unspecified atom stereocenters. The average molecular weight is 315 g/mol. The van der Waals surface area contributed by atoms with Gasteiger partial charge in [-0.1, -0.05) is 0 Å². The van der Waals surface area contributed by atoms with Crippen molar-refractivity contribution in [2.24, 2.45) is 7.05 Å². The molecular weight excluding hydrogens is 294 g/mol. The first kappa shape index (κ1) is 15.5.